The summed E-state index contributed by atoms with van der Waals surface area (Å²) in [5.41, 5.74) is 4.34. The number of ether oxygens (including phenoxy) is 1. The standard InChI is InChI=1S/C35H64N7O16P3S/c1-6-7-8-9-10-11-12-13-24(18-23(2)3)62-17-16-37-26(43)14-15-38-33(46)30(45)35(4,5)20-55-61(52,53)58-60(50,51)54-19-25-29(57-59(47,48)49)28(44)34(56-25)42-22-41-27-31(36)39-21-40-32(27)42/h21-25,28-30,34,44-45H,6-20H2,1-5H3,(H,37,43)(H,38,46)(H,50,51)(H,52,53)(H2,36,39,40)(H2,47,48,49)/t24?,25-,28-,29-,30+,34-/m1/s1. The van der Waals surface area contributed by atoms with Crippen molar-refractivity contribution >= 4 is 64.0 Å². The molecule has 2 amide bonds. The van der Waals surface area contributed by atoms with Crippen LogP contribution in [0.2, 0.25) is 0 Å². The highest BCUT2D eigenvalue weighted by Gasteiger charge is 2.50. The van der Waals surface area contributed by atoms with Gasteiger partial charge in [-0.3, -0.25) is 27.7 Å². The van der Waals surface area contributed by atoms with Crippen molar-refractivity contribution in [2.45, 2.75) is 135 Å². The highest BCUT2D eigenvalue weighted by atomic mass is 32.2. The maximum atomic E-state index is 12.7. The molecule has 2 aromatic rings. The van der Waals surface area contributed by atoms with Gasteiger partial charge in [-0.1, -0.05) is 79.6 Å². The molecule has 1 fully saturated rings. The summed E-state index contributed by atoms with van der Waals surface area (Å²) < 4.78 is 62.5. The van der Waals surface area contributed by atoms with E-state index >= 15 is 0 Å². The lowest BCUT2D eigenvalue weighted by Gasteiger charge is -2.30. The fourth-order valence-electron chi connectivity index (χ4n) is 6.48. The number of phosphoric acid groups is 3. The zero-order chi connectivity index (χ0) is 46.3. The number of hydrogen-bond acceptors (Lipinski definition) is 17. The summed E-state index contributed by atoms with van der Waals surface area (Å²) in [5.74, 6) is 0.0796. The van der Waals surface area contributed by atoms with Gasteiger partial charge in [0.1, 0.15) is 36.3 Å². The number of imidazole rings is 1. The van der Waals surface area contributed by atoms with Crippen LogP contribution in [0.25, 0.3) is 11.2 Å². The van der Waals surface area contributed by atoms with Crippen LogP contribution in [0, 0.1) is 11.3 Å². The molecule has 1 saturated heterocycles. The van der Waals surface area contributed by atoms with Crippen LogP contribution in [0.15, 0.2) is 12.7 Å². The molecule has 1 aliphatic heterocycles. The van der Waals surface area contributed by atoms with E-state index < -0.39 is 78.6 Å². The maximum Gasteiger partial charge on any atom is 0.481 e. The van der Waals surface area contributed by atoms with Crippen LogP contribution in [0.3, 0.4) is 0 Å². The van der Waals surface area contributed by atoms with Crippen molar-refractivity contribution in [2.24, 2.45) is 11.3 Å². The lowest BCUT2D eigenvalue weighted by molar-refractivity contribution is -0.137. The second-order valence-corrected chi connectivity index (χ2v) is 21.7. The van der Waals surface area contributed by atoms with Crippen LogP contribution in [-0.2, 0) is 45.9 Å². The van der Waals surface area contributed by atoms with E-state index in [0.717, 1.165) is 35.8 Å². The fraction of sp³-hybridized carbons (Fsp3) is 0.800. The molecule has 0 spiro atoms. The Bertz CT molecular complexity index is 1870. The van der Waals surface area contributed by atoms with Gasteiger partial charge in [0.25, 0.3) is 0 Å². The smallest absolute Gasteiger partial charge is 0.386 e. The average molecular weight is 964 g/mol. The minimum atomic E-state index is -5.56. The average Bonchev–Trinajstić information content (AvgIpc) is 3.73. The molecule has 27 heteroatoms. The van der Waals surface area contributed by atoms with Crippen LogP contribution in [-0.4, -0.2) is 123 Å². The summed E-state index contributed by atoms with van der Waals surface area (Å²) in [6.07, 6.45) is 4.36. The zero-order valence-electron chi connectivity index (χ0n) is 35.7. The number of anilines is 1. The molecule has 3 heterocycles. The number of unbranched alkanes of at least 4 members (excludes halogenated alkanes) is 6. The number of nitrogens with two attached hydrogens (primary N) is 1. The first-order chi connectivity index (χ1) is 28.9. The molecule has 356 valence electrons. The number of fused-ring (bicyclic) bond motifs is 1. The predicted molar refractivity (Wildman–Crippen MR) is 228 cm³/mol. The molecule has 23 nitrogen and oxygen atoms in total. The van der Waals surface area contributed by atoms with Crippen molar-refractivity contribution in [2.75, 3.05) is 37.8 Å². The molecule has 0 radical (unpaired) electrons. The Morgan fingerprint density at radius 3 is 2.31 bits per heavy atom. The van der Waals surface area contributed by atoms with Crippen molar-refractivity contribution < 1.29 is 75.7 Å². The SMILES string of the molecule is CCCCCCCCCC(CC(C)C)SCCNC(=O)CCNC(=O)[C@H](O)C(C)(C)COP(=O)(O)OP(=O)(O)OC[C@H]1O[C@@H](n2cnc3c(N)ncnc32)[C@H](O)[C@@H]1OP(=O)(O)O. The number of aliphatic hydroxyl groups is 2. The maximum absolute atomic E-state index is 12.7. The molecule has 0 saturated carbocycles. The molecule has 2 aromatic heterocycles. The zero-order valence-corrected chi connectivity index (χ0v) is 39.2. The van der Waals surface area contributed by atoms with Crippen molar-refractivity contribution in [3.8, 4) is 0 Å². The Balaban J connectivity index is 1.43. The Hall–Kier alpha value is -2.11. The van der Waals surface area contributed by atoms with Crippen LogP contribution in [0.1, 0.15) is 105 Å². The second kappa shape index (κ2) is 25.0. The van der Waals surface area contributed by atoms with E-state index in [1.165, 1.54) is 58.8 Å². The number of aromatic nitrogens is 4. The number of nitrogen functional groups attached to an aromatic ring is 1. The highest BCUT2D eigenvalue weighted by Crippen LogP contribution is 2.61. The third-order valence-corrected chi connectivity index (χ3v) is 14.2. The molecule has 3 unspecified atom stereocenters. The van der Waals surface area contributed by atoms with Gasteiger partial charge in [-0.15, -0.1) is 0 Å². The second-order valence-electron chi connectivity index (χ2n) is 16.1. The molecule has 8 atom stereocenters. The summed E-state index contributed by atoms with van der Waals surface area (Å²) >= 11 is 1.85. The van der Waals surface area contributed by atoms with Gasteiger partial charge >= 0.3 is 23.5 Å². The number of amides is 2. The minimum absolute atomic E-state index is 0.0325. The van der Waals surface area contributed by atoms with E-state index in [-0.39, 0.29) is 35.9 Å². The van der Waals surface area contributed by atoms with Gasteiger partial charge in [0.15, 0.2) is 17.7 Å². The van der Waals surface area contributed by atoms with Crippen LogP contribution >= 0.6 is 35.2 Å². The van der Waals surface area contributed by atoms with Gasteiger partial charge in [-0.25, -0.2) is 28.6 Å². The van der Waals surface area contributed by atoms with Gasteiger partial charge in [0.2, 0.25) is 11.8 Å². The van der Waals surface area contributed by atoms with E-state index in [0.29, 0.717) is 17.7 Å². The summed E-state index contributed by atoms with van der Waals surface area (Å²) in [6, 6.07) is 0. The van der Waals surface area contributed by atoms with Crippen molar-refractivity contribution in [3.63, 3.8) is 0 Å². The molecule has 0 aliphatic carbocycles. The summed E-state index contributed by atoms with van der Waals surface area (Å²) in [6.45, 7) is 7.59. The minimum Gasteiger partial charge on any atom is -0.386 e. The number of phosphoric ester groups is 3. The van der Waals surface area contributed by atoms with Gasteiger partial charge in [0.05, 0.1) is 19.5 Å². The lowest BCUT2D eigenvalue weighted by Crippen LogP contribution is -2.46. The number of carbonyl (C=O) groups excluding carboxylic acids is 2. The largest absolute Gasteiger partial charge is 0.481 e. The van der Waals surface area contributed by atoms with Gasteiger partial charge in [-0.05, 0) is 18.8 Å². The third kappa shape index (κ3) is 18.4. The van der Waals surface area contributed by atoms with Gasteiger partial charge in [0, 0.05) is 35.9 Å². The Kier molecular flexibility index (Phi) is 21.8. The van der Waals surface area contributed by atoms with Crippen LogP contribution in [0.4, 0.5) is 5.82 Å². The number of rotatable bonds is 30. The molecular weight excluding hydrogens is 899 g/mol. The number of nitrogens with zero attached hydrogens (tertiary/aromatic N) is 4. The van der Waals surface area contributed by atoms with E-state index in [1.54, 1.807) is 0 Å². The highest BCUT2D eigenvalue weighted by molar-refractivity contribution is 7.99. The van der Waals surface area contributed by atoms with E-state index in [1.807, 2.05) is 11.8 Å². The Morgan fingerprint density at radius 1 is 0.984 bits per heavy atom. The predicted octanol–water partition coefficient (Wildman–Crippen LogP) is 3.69. The lowest BCUT2D eigenvalue weighted by atomic mass is 9.87. The molecule has 10 N–H and O–H groups in total. The number of hydrogen-bond donors (Lipinski definition) is 9. The Morgan fingerprint density at radius 2 is 1.65 bits per heavy atom. The van der Waals surface area contributed by atoms with Crippen molar-refractivity contribution in [3.05, 3.63) is 12.7 Å². The first-order valence-corrected chi connectivity index (χ1v) is 26.0. The molecule has 0 bridgehead atoms. The van der Waals surface area contributed by atoms with E-state index in [4.69, 9.17) is 19.5 Å². The van der Waals surface area contributed by atoms with E-state index in [9.17, 15) is 53.1 Å². The normalized spacial score (nSPS) is 21.4. The molecular formula is C35H64N7O16P3S. The molecule has 3 rings (SSSR count). The first-order valence-electron chi connectivity index (χ1n) is 20.5. The van der Waals surface area contributed by atoms with Crippen LogP contribution < -0.4 is 16.4 Å². The first kappa shape index (κ1) is 54.2. The molecule has 0 aromatic carbocycles. The van der Waals surface area contributed by atoms with Crippen molar-refractivity contribution in [1.29, 1.82) is 0 Å². The van der Waals surface area contributed by atoms with Gasteiger partial charge < -0.3 is 50.9 Å². The Labute approximate surface area is 365 Å². The monoisotopic (exact) mass is 963 g/mol. The number of nitrogens with one attached hydrogen (secondary N) is 2. The summed E-state index contributed by atoms with van der Waals surface area (Å²) in [7, 11) is -16.4. The van der Waals surface area contributed by atoms with Crippen LogP contribution in [0.5, 0.6) is 0 Å². The number of carbonyl (C=O) groups is 2. The van der Waals surface area contributed by atoms with Gasteiger partial charge in [-0.2, -0.15) is 16.1 Å². The van der Waals surface area contributed by atoms with E-state index in [2.05, 4.69) is 55.2 Å². The molecule has 1 aliphatic rings. The summed E-state index contributed by atoms with van der Waals surface area (Å²) in [5, 5.41) is 27.4. The quantitative estimate of drug-likeness (QED) is 0.0398. The topological polar surface area (TPSA) is 347 Å². The number of aliphatic hydroxyl groups excluding tert-OH is 2. The fourth-order valence-corrected chi connectivity index (χ4v) is 10.7. The molecule has 62 heavy (non-hydrogen) atoms. The number of thioether (sulfide) groups is 1. The summed E-state index contributed by atoms with van der Waals surface area (Å²) in [4.78, 5) is 76.4. The van der Waals surface area contributed by atoms with Crippen molar-refractivity contribution in [1.82, 2.24) is 30.2 Å². The third-order valence-electron chi connectivity index (χ3n) is 9.72.